The predicted octanol–water partition coefficient (Wildman–Crippen LogP) is 4.72. The standard InChI is InChI=1S/C19H18F6N2/c20-18(21,22)15-5-1-13(2-6-15)17(27-11-9-26-10-12-27)14-3-7-16(8-4-14)19(23,24)25/h1-8,17,26H,9-12H2. The Morgan fingerprint density at radius 1 is 0.667 bits per heavy atom. The van der Waals surface area contributed by atoms with Gasteiger partial charge in [0, 0.05) is 26.2 Å². The maximum atomic E-state index is 12.8. The zero-order valence-corrected chi connectivity index (χ0v) is 14.2. The van der Waals surface area contributed by atoms with Crippen molar-refractivity contribution in [2.75, 3.05) is 26.2 Å². The normalized spacial score (nSPS) is 16.7. The quantitative estimate of drug-likeness (QED) is 0.766. The fourth-order valence-corrected chi connectivity index (χ4v) is 3.26. The van der Waals surface area contributed by atoms with Crippen LogP contribution in [0.1, 0.15) is 28.3 Å². The number of nitrogens with zero attached hydrogens (tertiary/aromatic N) is 1. The molecule has 0 aliphatic carbocycles. The molecule has 2 aromatic carbocycles. The molecule has 1 saturated heterocycles. The lowest BCUT2D eigenvalue weighted by Gasteiger charge is -2.35. The highest BCUT2D eigenvalue weighted by Crippen LogP contribution is 2.35. The van der Waals surface area contributed by atoms with Crippen LogP contribution >= 0.6 is 0 Å². The Bertz CT molecular complexity index is 686. The number of piperazine rings is 1. The predicted molar refractivity (Wildman–Crippen MR) is 89.2 cm³/mol. The Balaban J connectivity index is 1.96. The maximum Gasteiger partial charge on any atom is 0.416 e. The fraction of sp³-hybridized carbons (Fsp3) is 0.368. The number of rotatable bonds is 3. The summed E-state index contributed by atoms with van der Waals surface area (Å²) in [6.07, 6.45) is -8.87. The second-order valence-electron chi connectivity index (χ2n) is 6.43. The van der Waals surface area contributed by atoms with Crippen molar-refractivity contribution in [3.05, 3.63) is 70.8 Å². The van der Waals surface area contributed by atoms with E-state index in [2.05, 4.69) is 10.2 Å². The van der Waals surface area contributed by atoms with Gasteiger partial charge in [0.2, 0.25) is 0 Å². The van der Waals surface area contributed by atoms with Crippen molar-refractivity contribution in [3.63, 3.8) is 0 Å². The number of hydrogen-bond acceptors (Lipinski definition) is 2. The minimum atomic E-state index is -4.43. The van der Waals surface area contributed by atoms with Gasteiger partial charge in [0.05, 0.1) is 17.2 Å². The summed E-state index contributed by atoms with van der Waals surface area (Å²) in [4.78, 5) is 2.06. The molecule has 2 aromatic rings. The Hall–Kier alpha value is -2.06. The topological polar surface area (TPSA) is 15.3 Å². The lowest BCUT2D eigenvalue weighted by molar-refractivity contribution is -0.138. The molecule has 3 rings (SSSR count). The number of hydrogen-bond donors (Lipinski definition) is 1. The van der Waals surface area contributed by atoms with Gasteiger partial charge < -0.3 is 5.32 Å². The van der Waals surface area contributed by atoms with E-state index in [4.69, 9.17) is 0 Å². The molecule has 0 amide bonds. The third kappa shape index (κ3) is 4.62. The minimum absolute atomic E-state index is 0.406. The fourth-order valence-electron chi connectivity index (χ4n) is 3.26. The van der Waals surface area contributed by atoms with Crippen LogP contribution in [0.4, 0.5) is 26.3 Å². The largest absolute Gasteiger partial charge is 0.416 e. The minimum Gasteiger partial charge on any atom is -0.314 e. The molecule has 1 aliphatic heterocycles. The van der Waals surface area contributed by atoms with E-state index >= 15 is 0 Å². The summed E-state index contributed by atoms with van der Waals surface area (Å²) in [5, 5.41) is 3.19. The van der Waals surface area contributed by atoms with Crippen molar-refractivity contribution < 1.29 is 26.3 Å². The molecule has 2 nitrogen and oxygen atoms in total. The third-order valence-corrected chi connectivity index (χ3v) is 4.62. The van der Waals surface area contributed by atoms with Crippen molar-refractivity contribution in [1.29, 1.82) is 0 Å². The molecule has 0 atom stereocenters. The van der Waals surface area contributed by atoms with Crippen LogP contribution in [-0.2, 0) is 12.4 Å². The van der Waals surface area contributed by atoms with Gasteiger partial charge in [-0.05, 0) is 35.4 Å². The van der Waals surface area contributed by atoms with Crippen molar-refractivity contribution in [3.8, 4) is 0 Å². The van der Waals surface area contributed by atoms with E-state index in [0.29, 0.717) is 37.3 Å². The highest BCUT2D eigenvalue weighted by atomic mass is 19.4. The first-order chi connectivity index (χ1) is 12.7. The van der Waals surface area contributed by atoms with Crippen molar-refractivity contribution in [2.24, 2.45) is 0 Å². The molecule has 8 heteroatoms. The maximum absolute atomic E-state index is 12.8. The van der Waals surface area contributed by atoms with Gasteiger partial charge in [0.15, 0.2) is 0 Å². The van der Waals surface area contributed by atoms with Gasteiger partial charge in [-0.25, -0.2) is 0 Å². The SMILES string of the molecule is FC(F)(F)c1ccc(C(c2ccc(C(F)(F)F)cc2)N2CCNCC2)cc1. The third-order valence-electron chi connectivity index (χ3n) is 4.62. The number of nitrogens with one attached hydrogen (secondary N) is 1. The van der Waals surface area contributed by atoms with Gasteiger partial charge >= 0.3 is 12.4 Å². The van der Waals surface area contributed by atoms with Gasteiger partial charge in [-0.3, -0.25) is 4.90 Å². The van der Waals surface area contributed by atoms with Crippen LogP contribution in [0.25, 0.3) is 0 Å². The molecule has 0 bridgehead atoms. The zero-order chi connectivity index (χ0) is 19.7. The molecule has 0 aromatic heterocycles. The lowest BCUT2D eigenvalue weighted by atomic mass is 9.94. The summed E-state index contributed by atoms with van der Waals surface area (Å²) in [6.45, 7) is 2.70. The molecule has 1 aliphatic rings. The number of alkyl halides is 6. The zero-order valence-electron chi connectivity index (χ0n) is 14.2. The van der Waals surface area contributed by atoms with Crippen LogP contribution in [0.15, 0.2) is 48.5 Å². The molecule has 1 N–H and O–H groups in total. The molecule has 0 unspecified atom stereocenters. The van der Waals surface area contributed by atoms with Crippen LogP contribution in [0, 0.1) is 0 Å². The van der Waals surface area contributed by atoms with Gasteiger partial charge in [0.25, 0.3) is 0 Å². The average Bonchev–Trinajstić information content (AvgIpc) is 2.62. The molecule has 27 heavy (non-hydrogen) atoms. The van der Waals surface area contributed by atoms with Gasteiger partial charge in [-0.15, -0.1) is 0 Å². The second-order valence-corrected chi connectivity index (χ2v) is 6.43. The smallest absolute Gasteiger partial charge is 0.314 e. The Morgan fingerprint density at radius 2 is 1.04 bits per heavy atom. The van der Waals surface area contributed by atoms with E-state index in [9.17, 15) is 26.3 Å². The molecular weight excluding hydrogens is 370 g/mol. The van der Waals surface area contributed by atoms with E-state index in [1.54, 1.807) is 0 Å². The van der Waals surface area contributed by atoms with Crippen molar-refractivity contribution in [1.82, 2.24) is 10.2 Å². The molecule has 0 saturated carbocycles. The summed E-state index contributed by atoms with van der Waals surface area (Å²) < 4.78 is 77.0. The second kappa shape index (κ2) is 7.52. The highest BCUT2D eigenvalue weighted by molar-refractivity contribution is 5.36. The van der Waals surface area contributed by atoms with Gasteiger partial charge in [0.1, 0.15) is 0 Å². The van der Waals surface area contributed by atoms with E-state index in [1.165, 1.54) is 24.3 Å². The Morgan fingerprint density at radius 3 is 1.37 bits per heavy atom. The molecule has 1 heterocycles. The van der Waals surface area contributed by atoms with Crippen LogP contribution in [0.2, 0.25) is 0 Å². The molecule has 146 valence electrons. The summed E-state index contributed by atoms with van der Waals surface area (Å²) in [6, 6.07) is 9.21. The highest BCUT2D eigenvalue weighted by Gasteiger charge is 2.32. The molecule has 0 spiro atoms. The van der Waals surface area contributed by atoms with E-state index in [1.807, 2.05) is 0 Å². The summed E-state index contributed by atoms with van der Waals surface area (Å²) >= 11 is 0. The van der Waals surface area contributed by atoms with Crippen molar-refractivity contribution >= 4 is 0 Å². The summed E-state index contributed by atoms with van der Waals surface area (Å²) in [5.41, 5.74) is -0.273. The number of halogens is 6. The molecular formula is C19H18F6N2. The Labute approximate surface area is 152 Å². The van der Waals surface area contributed by atoms with E-state index < -0.39 is 29.5 Å². The van der Waals surface area contributed by atoms with Crippen molar-refractivity contribution in [2.45, 2.75) is 18.4 Å². The van der Waals surface area contributed by atoms with Crippen LogP contribution in [0.3, 0.4) is 0 Å². The average molecular weight is 388 g/mol. The van der Waals surface area contributed by atoms with Gasteiger partial charge in [-0.2, -0.15) is 26.3 Å². The lowest BCUT2D eigenvalue weighted by Crippen LogP contribution is -2.45. The van der Waals surface area contributed by atoms with Crippen LogP contribution in [0.5, 0.6) is 0 Å². The van der Waals surface area contributed by atoms with E-state index in [0.717, 1.165) is 24.3 Å². The van der Waals surface area contributed by atoms with Crippen LogP contribution in [-0.4, -0.2) is 31.1 Å². The number of benzene rings is 2. The van der Waals surface area contributed by atoms with E-state index in [-0.39, 0.29) is 0 Å². The first-order valence-corrected chi connectivity index (χ1v) is 8.45. The van der Waals surface area contributed by atoms with Crippen LogP contribution < -0.4 is 5.32 Å². The molecule has 1 fully saturated rings. The summed E-state index contributed by atoms with van der Waals surface area (Å²) in [7, 11) is 0. The van der Waals surface area contributed by atoms with Gasteiger partial charge in [-0.1, -0.05) is 24.3 Å². The Kier molecular flexibility index (Phi) is 5.48. The molecule has 0 radical (unpaired) electrons. The monoisotopic (exact) mass is 388 g/mol. The summed E-state index contributed by atoms with van der Waals surface area (Å²) in [5.74, 6) is 0. The first-order valence-electron chi connectivity index (χ1n) is 8.45. The first kappa shape index (κ1) is 19.7.